The van der Waals surface area contributed by atoms with Gasteiger partial charge in [-0.25, -0.2) is 4.79 Å². The predicted molar refractivity (Wildman–Crippen MR) is 109 cm³/mol. The van der Waals surface area contributed by atoms with E-state index in [0.29, 0.717) is 31.6 Å². The van der Waals surface area contributed by atoms with Crippen molar-refractivity contribution in [1.29, 1.82) is 0 Å². The summed E-state index contributed by atoms with van der Waals surface area (Å²) in [6.07, 6.45) is 4.10. The first-order chi connectivity index (χ1) is 13.3. The Hall–Kier alpha value is -1.95. The number of nitrogens with zero attached hydrogens (tertiary/aromatic N) is 1. The van der Waals surface area contributed by atoms with Crippen LogP contribution < -0.4 is 14.8 Å². The quantitative estimate of drug-likeness (QED) is 0.793. The Morgan fingerprint density at radius 2 is 1.64 bits per heavy atom. The van der Waals surface area contributed by atoms with Gasteiger partial charge in [0.25, 0.3) is 0 Å². The molecule has 1 aromatic rings. The van der Waals surface area contributed by atoms with Gasteiger partial charge in [0.15, 0.2) is 0 Å². The SMILES string of the molecule is COc1cc(C2CC2)cc(OC)c1CNC1CCN(C(=O)OC(C)(C)C)CC1. The number of carbonyl (C=O) groups is 1. The highest BCUT2D eigenvalue weighted by molar-refractivity contribution is 5.68. The molecule has 1 aliphatic carbocycles. The molecule has 0 radical (unpaired) electrons. The number of methoxy groups -OCH3 is 2. The number of hydrogen-bond donors (Lipinski definition) is 1. The molecule has 1 heterocycles. The molecule has 1 aliphatic heterocycles. The molecule has 6 heteroatoms. The number of carbonyl (C=O) groups excluding carboxylic acids is 1. The smallest absolute Gasteiger partial charge is 0.410 e. The van der Waals surface area contributed by atoms with Gasteiger partial charge in [-0.05, 0) is 70.1 Å². The molecule has 0 unspecified atom stereocenters. The summed E-state index contributed by atoms with van der Waals surface area (Å²) in [5.41, 5.74) is 1.92. The summed E-state index contributed by atoms with van der Waals surface area (Å²) in [5, 5.41) is 3.62. The van der Waals surface area contributed by atoms with Crippen LogP contribution in [0.15, 0.2) is 12.1 Å². The van der Waals surface area contributed by atoms with Gasteiger partial charge in [0.1, 0.15) is 17.1 Å². The molecule has 1 amide bonds. The molecular weight excluding hydrogens is 356 g/mol. The molecule has 1 saturated carbocycles. The summed E-state index contributed by atoms with van der Waals surface area (Å²) in [7, 11) is 3.43. The van der Waals surface area contributed by atoms with E-state index in [1.807, 2.05) is 20.8 Å². The minimum Gasteiger partial charge on any atom is -0.496 e. The first kappa shape index (κ1) is 20.8. The van der Waals surface area contributed by atoms with Gasteiger partial charge in [0, 0.05) is 31.2 Å². The molecule has 1 saturated heterocycles. The van der Waals surface area contributed by atoms with Crippen LogP contribution in [0.4, 0.5) is 4.79 Å². The van der Waals surface area contributed by atoms with Crippen molar-refractivity contribution in [2.45, 2.75) is 70.6 Å². The summed E-state index contributed by atoms with van der Waals surface area (Å²) < 4.78 is 16.8. The zero-order valence-electron chi connectivity index (χ0n) is 17.8. The normalized spacial score (nSPS) is 18.1. The van der Waals surface area contributed by atoms with Gasteiger partial charge >= 0.3 is 6.09 Å². The molecular formula is C22H34N2O4. The maximum absolute atomic E-state index is 12.2. The Bertz CT molecular complexity index is 661. The van der Waals surface area contributed by atoms with E-state index in [0.717, 1.165) is 29.9 Å². The zero-order valence-corrected chi connectivity index (χ0v) is 17.8. The predicted octanol–water partition coefficient (Wildman–Crippen LogP) is 4.07. The van der Waals surface area contributed by atoms with Crippen molar-refractivity contribution in [2.24, 2.45) is 0 Å². The molecule has 1 aromatic carbocycles. The third-order valence-electron chi connectivity index (χ3n) is 5.39. The standard InChI is InChI=1S/C22H34N2O4/c1-22(2,3)28-21(25)24-10-8-17(9-11-24)23-14-18-19(26-4)12-16(15-6-7-15)13-20(18)27-5/h12-13,15,17,23H,6-11,14H2,1-5H3. The van der Waals surface area contributed by atoms with Crippen molar-refractivity contribution in [3.05, 3.63) is 23.3 Å². The van der Waals surface area contributed by atoms with Crippen LogP contribution in [-0.2, 0) is 11.3 Å². The van der Waals surface area contributed by atoms with Crippen LogP contribution in [0.2, 0.25) is 0 Å². The number of piperidine rings is 1. The number of hydrogen-bond acceptors (Lipinski definition) is 5. The largest absolute Gasteiger partial charge is 0.496 e. The molecule has 0 atom stereocenters. The molecule has 28 heavy (non-hydrogen) atoms. The van der Waals surface area contributed by atoms with E-state index in [4.69, 9.17) is 14.2 Å². The third-order valence-corrected chi connectivity index (χ3v) is 5.39. The molecule has 0 aromatic heterocycles. The van der Waals surface area contributed by atoms with E-state index in [1.54, 1.807) is 19.1 Å². The van der Waals surface area contributed by atoms with Gasteiger partial charge in [0.2, 0.25) is 0 Å². The molecule has 2 aliphatic rings. The number of ether oxygens (including phenoxy) is 3. The van der Waals surface area contributed by atoms with Crippen molar-refractivity contribution < 1.29 is 19.0 Å². The Kier molecular flexibility index (Phi) is 6.38. The summed E-state index contributed by atoms with van der Waals surface area (Å²) in [6, 6.07) is 4.67. The van der Waals surface area contributed by atoms with Crippen molar-refractivity contribution in [3.63, 3.8) is 0 Å². The summed E-state index contributed by atoms with van der Waals surface area (Å²) in [4.78, 5) is 14.0. The van der Waals surface area contributed by atoms with Gasteiger partial charge in [-0.3, -0.25) is 0 Å². The molecule has 6 nitrogen and oxygen atoms in total. The maximum Gasteiger partial charge on any atom is 0.410 e. The van der Waals surface area contributed by atoms with Gasteiger partial charge in [-0.1, -0.05) is 0 Å². The molecule has 0 spiro atoms. The fourth-order valence-electron chi connectivity index (χ4n) is 3.67. The van der Waals surface area contributed by atoms with Gasteiger partial charge in [0.05, 0.1) is 14.2 Å². The number of likely N-dealkylation sites (tertiary alicyclic amines) is 1. The second-order valence-corrected chi connectivity index (χ2v) is 8.80. The Morgan fingerprint density at radius 1 is 1.07 bits per heavy atom. The highest BCUT2D eigenvalue weighted by atomic mass is 16.6. The lowest BCUT2D eigenvalue weighted by molar-refractivity contribution is 0.0198. The van der Waals surface area contributed by atoms with Crippen LogP contribution in [0.25, 0.3) is 0 Å². The first-order valence-electron chi connectivity index (χ1n) is 10.3. The van der Waals surface area contributed by atoms with E-state index in [-0.39, 0.29) is 6.09 Å². The van der Waals surface area contributed by atoms with E-state index >= 15 is 0 Å². The van der Waals surface area contributed by atoms with Crippen LogP contribution in [0, 0.1) is 0 Å². The van der Waals surface area contributed by atoms with Crippen LogP contribution in [0.1, 0.15) is 63.5 Å². The molecule has 156 valence electrons. The highest BCUT2D eigenvalue weighted by Gasteiger charge is 2.28. The average Bonchev–Trinajstić information content (AvgIpc) is 3.50. The number of amides is 1. The lowest BCUT2D eigenvalue weighted by Crippen LogP contribution is -2.46. The highest BCUT2D eigenvalue weighted by Crippen LogP contribution is 2.44. The molecule has 3 rings (SSSR count). The Labute approximate surface area is 168 Å². The maximum atomic E-state index is 12.2. The fraction of sp³-hybridized carbons (Fsp3) is 0.682. The molecule has 2 fully saturated rings. The first-order valence-corrected chi connectivity index (χ1v) is 10.3. The van der Waals surface area contributed by atoms with E-state index in [2.05, 4.69) is 17.4 Å². The Balaban J connectivity index is 1.56. The minimum atomic E-state index is -0.452. The van der Waals surface area contributed by atoms with Gasteiger partial charge in [-0.15, -0.1) is 0 Å². The average molecular weight is 391 g/mol. The van der Waals surface area contributed by atoms with E-state index in [9.17, 15) is 4.79 Å². The topological polar surface area (TPSA) is 60.0 Å². The second-order valence-electron chi connectivity index (χ2n) is 8.80. The summed E-state index contributed by atoms with van der Waals surface area (Å²) in [5.74, 6) is 2.43. The molecule has 0 bridgehead atoms. The Morgan fingerprint density at radius 3 is 2.11 bits per heavy atom. The van der Waals surface area contributed by atoms with Crippen molar-refractivity contribution in [2.75, 3.05) is 27.3 Å². The fourth-order valence-corrected chi connectivity index (χ4v) is 3.67. The summed E-state index contributed by atoms with van der Waals surface area (Å²) >= 11 is 0. The third kappa shape index (κ3) is 5.31. The lowest BCUT2D eigenvalue weighted by Gasteiger charge is -2.34. The zero-order chi connectivity index (χ0) is 20.3. The monoisotopic (exact) mass is 390 g/mol. The van der Waals surface area contributed by atoms with Crippen molar-refractivity contribution in [1.82, 2.24) is 10.2 Å². The van der Waals surface area contributed by atoms with Gasteiger partial charge < -0.3 is 24.4 Å². The molecule has 1 N–H and O–H groups in total. The number of benzene rings is 1. The van der Waals surface area contributed by atoms with Crippen LogP contribution in [0.5, 0.6) is 11.5 Å². The lowest BCUT2D eigenvalue weighted by atomic mass is 10.0. The van der Waals surface area contributed by atoms with Gasteiger partial charge in [-0.2, -0.15) is 0 Å². The minimum absolute atomic E-state index is 0.218. The van der Waals surface area contributed by atoms with E-state index < -0.39 is 5.60 Å². The number of rotatable bonds is 6. The van der Waals surface area contributed by atoms with Crippen LogP contribution >= 0.6 is 0 Å². The van der Waals surface area contributed by atoms with Crippen LogP contribution in [0.3, 0.4) is 0 Å². The van der Waals surface area contributed by atoms with Crippen molar-refractivity contribution in [3.8, 4) is 11.5 Å². The van der Waals surface area contributed by atoms with Crippen molar-refractivity contribution >= 4 is 6.09 Å². The van der Waals surface area contributed by atoms with Crippen LogP contribution in [-0.4, -0.2) is 49.9 Å². The summed E-state index contributed by atoms with van der Waals surface area (Å²) in [6.45, 7) is 7.80. The second kappa shape index (κ2) is 8.60. The van der Waals surface area contributed by atoms with E-state index in [1.165, 1.54) is 18.4 Å². The number of nitrogens with one attached hydrogen (secondary N) is 1.